The molecule has 0 aliphatic carbocycles. The SMILES string of the molecule is Cc1ccccc1C(=O)N1C(C(=O)NC(C)C)COC12CCN(C(=O)c1ccc(Cl)c(Cl)c1)CC2. The van der Waals surface area contributed by atoms with Crippen LogP contribution in [0.15, 0.2) is 42.5 Å². The van der Waals surface area contributed by atoms with E-state index in [9.17, 15) is 14.4 Å². The number of hydrogen-bond acceptors (Lipinski definition) is 4. The maximum Gasteiger partial charge on any atom is 0.257 e. The van der Waals surface area contributed by atoms with Gasteiger partial charge in [-0.25, -0.2) is 0 Å². The Morgan fingerprint density at radius 1 is 1.03 bits per heavy atom. The summed E-state index contributed by atoms with van der Waals surface area (Å²) in [6.45, 7) is 6.48. The molecule has 2 aromatic rings. The zero-order valence-corrected chi connectivity index (χ0v) is 21.5. The molecule has 1 N–H and O–H groups in total. The number of nitrogens with one attached hydrogen (secondary N) is 1. The minimum atomic E-state index is -0.966. The second-order valence-electron chi connectivity index (χ2n) is 9.35. The fourth-order valence-electron chi connectivity index (χ4n) is 4.76. The molecular weight excluding hydrogens is 489 g/mol. The molecule has 2 aliphatic heterocycles. The maximum atomic E-state index is 13.8. The van der Waals surface area contributed by atoms with Crippen LogP contribution < -0.4 is 5.32 Å². The van der Waals surface area contributed by atoms with Gasteiger partial charge in [0.15, 0.2) is 0 Å². The van der Waals surface area contributed by atoms with E-state index in [1.807, 2.05) is 39.0 Å². The van der Waals surface area contributed by atoms with Crippen LogP contribution >= 0.6 is 23.2 Å². The number of likely N-dealkylation sites (tertiary alicyclic amines) is 1. The van der Waals surface area contributed by atoms with Crippen LogP contribution in [-0.2, 0) is 9.53 Å². The van der Waals surface area contributed by atoms with Crippen molar-refractivity contribution in [2.24, 2.45) is 0 Å². The summed E-state index contributed by atoms with van der Waals surface area (Å²) in [4.78, 5) is 43.3. The summed E-state index contributed by atoms with van der Waals surface area (Å²) in [7, 11) is 0. The van der Waals surface area contributed by atoms with E-state index in [4.69, 9.17) is 27.9 Å². The van der Waals surface area contributed by atoms with Gasteiger partial charge in [0.1, 0.15) is 11.8 Å². The number of carbonyl (C=O) groups is 3. The van der Waals surface area contributed by atoms with E-state index >= 15 is 0 Å². The van der Waals surface area contributed by atoms with Crippen LogP contribution in [0.5, 0.6) is 0 Å². The maximum absolute atomic E-state index is 13.8. The average molecular weight is 518 g/mol. The molecule has 0 aromatic heterocycles. The predicted octanol–water partition coefficient (Wildman–Crippen LogP) is 4.30. The van der Waals surface area contributed by atoms with Crippen molar-refractivity contribution in [3.8, 4) is 0 Å². The lowest BCUT2D eigenvalue weighted by atomic mass is 9.95. The molecule has 2 fully saturated rings. The molecule has 2 saturated heterocycles. The van der Waals surface area contributed by atoms with Gasteiger partial charge in [-0.2, -0.15) is 0 Å². The minimum absolute atomic E-state index is 0.0693. The lowest BCUT2D eigenvalue weighted by molar-refractivity contribution is -0.128. The molecule has 0 radical (unpaired) electrons. The summed E-state index contributed by atoms with van der Waals surface area (Å²) in [6, 6.07) is 11.3. The van der Waals surface area contributed by atoms with Crippen molar-refractivity contribution in [1.29, 1.82) is 0 Å². The Labute approximate surface area is 215 Å². The summed E-state index contributed by atoms with van der Waals surface area (Å²) in [6.07, 6.45) is 0.784. The lowest BCUT2D eigenvalue weighted by Gasteiger charge is -2.44. The molecule has 1 atom stereocenters. The Morgan fingerprint density at radius 3 is 2.34 bits per heavy atom. The third-order valence-corrected chi connectivity index (χ3v) is 7.33. The number of halogens is 2. The quantitative estimate of drug-likeness (QED) is 0.655. The van der Waals surface area contributed by atoms with Crippen LogP contribution in [0.3, 0.4) is 0 Å². The molecule has 1 spiro atoms. The van der Waals surface area contributed by atoms with Crippen LogP contribution in [0.4, 0.5) is 0 Å². The van der Waals surface area contributed by atoms with Crippen molar-refractivity contribution in [3.63, 3.8) is 0 Å². The molecule has 4 rings (SSSR count). The van der Waals surface area contributed by atoms with E-state index in [-0.39, 0.29) is 30.4 Å². The standard InChI is InChI=1S/C26H29Cl2N3O4/c1-16(2)29-23(32)22-15-35-26(31(22)25(34)19-7-5-4-6-17(19)3)10-12-30(13-11-26)24(33)18-8-9-20(27)21(28)14-18/h4-9,14,16,22H,10-13,15H2,1-3H3,(H,29,32). The summed E-state index contributed by atoms with van der Waals surface area (Å²) < 4.78 is 6.23. The zero-order chi connectivity index (χ0) is 25.3. The smallest absolute Gasteiger partial charge is 0.257 e. The van der Waals surface area contributed by atoms with Gasteiger partial charge in [0.25, 0.3) is 11.8 Å². The van der Waals surface area contributed by atoms with Crippen molar-refractivity contribution < 1.29 is 19.1 Å². The topological polar surface area (TPSA) is 79.0 Å². The van der Waals surface area contributed by atoms with Crippen LogP contribution in [0, 0.1) is 6.92 Å². The van der Waals surface area contributed by atoms with Gasteiger partial charge in [-0.3, -0.25) is 19.3 Å². The third-order valence-electron chi connectivity index (χ3n) is 6.59. The van der Waals surface area contributed by atoms with Crippen molar-refractivity contribution in [1.82, 2.24) is 15.1 Å². The van der Waals surface area contributed by atoms with Crippen molar-refractivity contribution >= 4 is 40.9 Å². The molecule has 186 valence electrons. The summed E-state index contributed by atoms with van der Waals surface area (Å²) >= 11 is 12.1. The molecule has 2 aliphatic rings. The van der Waals surface area contributed by atoms with Crippen LogP contribution in [0.2, 0.25) is 10.0 Å². The number of carbonyl (C=O) groups excluding carboxylic acids is 3. The van der Waals surface area contributed by atoms with Crippen LogP contribution in [-0.4, -0.2) is 65.0 Å². The van der Waals surface area contributed by atoms with Gasteiger partial charge < -0.3 is 15.0 Å². The van der Waals surface area contributed by atoms with E-state index in [0.717, 1.165) is 5.56 Å². The summed E-state index contributed by atoms with van der Waals surface area (Å²) in [5.41, 5.74) is 0.848. The van der Waals surface area contributed by atoms with E-state index in [0.29, 0.717) is 47.1 Å². The molecule has 0 bridgehead atoms. The predicted molar refractivity (Wildman–Crippen MR) is 135 cm³/mol. The Bertz CT molecular complexity index is 1150. The Kier molecular flexibility index (Phi) is 7.40. The second-order valence-corrected chi connectivity index (χ2v) is 10.2. The molecule has 1 unspecified atom stereocenters. The Morgan fingerprint density at radius 2 is 1.71 bits per heavy atom. The normalized spacial score (nSPS) is 19.3. The third kappa shape index (κ3) is 5.03. The molecule has 9 heteroatoms. The second kappa shape index (κ2) is 10.2. The van der Waals surface area contributed by atoms with E-state index in [1.54, 1.807) is 34.1 Å². The number of nitrogens with zero attached hydrogens (tertiary/aromatic N) is 2. The highest BCUT2D eigenvalue weighted by molar-refractivity contribution is 6.42. The average Bonchev–Trinajstić information content (AvgIpc) is 3.19. The van der Waals surface area contributed by atoms with E-state index in [2.05, 4.69) is 5.32 Å². The van der Waals surface area contributed by atoms with E-state index < -0.39 is 11.8 Å². The first-order chi connectivity index (χ1) is 16.6. The van der Waals surface area contributed by atoms with Gasteiger partial charge in [-0.05, 0) is 50.6 Å². The Hall–Kier alpha value is -2.61. The zero-order valence-electron chi connectivity index (χ0n) is 20.0. The first-order valence-corrected chi connectivity index (χ1v) is 12.5. The molecule has 2 heterocycles. The van der Waals surface area contributed by atoms with Crippen molar-refractivity contribution in [2.45, 2.75) is 51.4 Å². The van der Waals surface area contributed by atoms with Gasteiger partial charge in [-0.15, -0.1) is 0 Å². The van der Waals surface area contributed by atoms with Gasteiger partial charge in [-0.1, -0.05) is 41.4 Å². The number of rotatable bonds is 4. The summed E-state index contributed by atoms with van der Waals surface area (Å²) in [5, 5.41) is 3.62. The first kappa shape index (κ1) is 25.5. The highest BCUT2D eigenvalue weighted by Gasteiger charge is 2.54. The first-order valence-electron chi connectivity index (χ1n) is 11.7. The van der Waals surface area contributed by atoms with Gasteiger partial charge in [0, 0.05) is 43.1 Å². The van der Waals surface area contributed by atoms with Gasteiger partial charge in [0.05, 0.1) is 16.7 Å². The molecular formula is C26H29Cl2N3O4. The number of aryl methyl sites for hydroxylation is 1. The molecule has 2 aromatic carbocycles. The van der Waals surface area contributed by atoms with E-state index in [1.165, 1.54) is 0 Å². The Balaban J connectivity index is 1.59. The lowest BCUT2D eigenvalue weighted by Crippen LogP contribution is -2.60. The fraction of sp³-hybridized carbons (Fsp3) is 0.423. The van der Waals surface area contributed by atoms with Crippen molar-refractivity contribution in [2.75, 3.05) is 19.7 Å². The molecule has 0 saturated carbocycles. The minimum Gasteiger partial charge on any atom is -0.353 e. The number of piperidine rings is 1. The van der Waals surface area contributed by atoms with Crippen LogP contribution in [0.1, 0.15) is 53.0 Å². The number of benzene rings is 2. The largest absolute Gasteiger partial charge is 0.353 e. The molecule has 3 amide bonds. The molecule has 35 heavy (non-hydrogen) atoms. The van der Waals surface area contributed by atoms with Gasteiger partial charge >= 0.3 is 0 Å². The van der Waals surface area contributed by atoms with Crippen LogP contribution in [0.25, 0.3) is 0 Å². The summed E-state index contributed by atoms with van der Waals surface area (Å²) in [5.74, 6) is -0.649. The number of hydrogen-bond donors (Lipinski definition) is 1. The highest BCUT2D eigenvalue weighted by atomic mass is 35.5. The van der Waals surface area contributed by atoms with Crippen molar-refractivity contribution in [3.05, 3.63) is 69.2 Å². The molecule has 7 nitrogen and oxygen atoms in total. The highest BCUT2D eigenvalue weighted by Crippen LogP contribution is 2.39. The number of amides is 3. The monoisotopic (exact) mass is 517 g/mol. The van der Waals surface area contributed by atoms with Gasteiger partial charge in [0.2, 0.25) is 5.91 Å². The fourth-order valence-corrected chi connectivity index (χ4v) is 5.06. The number of ether oxygens (including phenoxy) is 1.